The summed E-state index contributed by atoms with van der Waals surface area (Å²) in [6.07, 6.45) is 0. The van der Waals surface area contributed by atoms with E-state index in [-0.39, 0.29) is 45.7 Å². The third-order valence-electron chi connectivity index (χ3n) is 5.37. The van der Waals surface area contributed by atoms with Gasteiger partial charge in [0.25, 0.3) is 0 Å². The first-order chi connectivity index (χ1) is 17.3. The van der Waals surface area contributed by atoms with Crippen molar-refractivity contribution in [1.82, 2.24) is 0 Å². The van der Waals surface area contributed by atoms with Gasteiger partial charge in [0.05, 0.1) is 39.6 Å². The molecule has 0 unspecified atom stereocenters. The Kier molecular flexibility index (Phi) is 6.77. The zero-order chi connectivity index (χ0) is 26.0. The molecule has 0 bridgehead atoms. The molecule has 0 radical (unpaired) electrons. The van der Waals surface area contributed by atoms with Gasteiger partial charge in [-0.05, 0) is 35.4 Å². The molecule has 0 aliphatic rings. The Hall–Kier alpha value is -4.60. The van der Waals surface area contributed by atoms with Gasteiger partial charge in [0, 0.05) is 0 Å². The van der Waals surface area contributed by atoms with Crippen molar-refractivity contribution in [1.29, 1.82) is 0 Å². The SMILES string of the molecule is COC(=O)c1c(OC)oc(-c2oc(OC)c(C(=O)OC)c2-c2ccc(F)cc2)c1-c1ccc(F)cc1. The summed E-state index contributed by atoms with van der Waals surface area (Å²) in [5, 5.41) is 0. The minimum absolute atomic E-state index is 0.0494. The summed E-state index contributed by atoms with van der Waals surface area (Å²) in [6, 6.07) is 10.5. The fraction of sp³-hybridized carbons (Fsp3) is 0.154. The first-order valence-electron chi connectivity index (χ1n) is 10.4. The van der Waals surface area contributed by atoms with E-state index in [9.17, 15) is 18.4 Å². The molecule has 0 aliphatic heterocycles. The van der Waals surface area contributed by atoms with Crippen LogP contribution in [0.1, 0.15) is 20.7 Å². The number of halogens is 2. The third kappa shape index (κ3) is 4.17. The van der Waals surface area contributed by atoms with Crippen molar-refractivity contribution >= 4 is 11.9 Å². The highest BCUT2D eigenvalue weighted by molar-refractivity contribution is 6.07. The summed E-state index contributed by atoms with van der Waals surface area (Å²) in [5.41, 5.74) is 0.825. The van der Waals surface area contributed by atoms with Crippen molar-refractivity contribution in [3.05, 3.63) is 71.3 Å². The summed E-state index contributed by atoms with van der Waals surface area (Å²) in [4.78, 5) is 25.5. The molecule has 0 aliphatic carbocycles. The van der Waals surface area contributed by atoms with Gasteiger partial charge < -0.3 is 27.8 Å². The average Bonchev–Trinajstić information content (AvgIpc) is 3.47. The topological polar surface area (TPSA) is 97.3 Å². The van der Waals surface area contributed by atoms with Crippen LogP contribution in [-0.2, 0) is 9.47 Å². The van der Waals surface area contributed by atoms with E-state index in [0.29, 0.717) is 11.1 Å². The second-order valence-corrected chi connectivity index (χ2v) is 7.34. The number of furan rings is 2. The molecule has 186 valence electrons. The van der Waals surface area contributed by atoms with Crippen molar-refractivity contribution in [3.8, 4) is 45.7 Å². The largest absolute Gasteiger partial charge is 0.468 e. The van der Waals surface area contributed by atoms with Gasteiger partial charge in [-0.15, -0.1) is 0 Å². The van der Waals surface area contributed by atoms with Gasteiger partial charge in [0.2, 0.25) is 0 Å². The van der Waals surface area contributed by atoms with E-state index in [1.165, 1.54) is 77.0 Å². The Morgan fingerprint density at radius 1 is 0.611 bits per heavy atom. The molecule has 0 saturated carbocycles. The quantitative estimate of drug-likeness (QED) is 0.298. The van der Waals surface area contributed by atoms with Crippen molar-refractivity contribution < 1.29 is 46.2 Å². The molecule has 36 heavy (non-hydrogen) atoms. The summed E-state index contributed by atoms with van der Waals surface area (Å²) in [7, 11) is 4.93. The maximum atomic E-state index is 13.7. The van der Waals surface area contributed by atoms with Gasteiger partial charge in [-0.25, -0.2) is 18.4 Å². The summed E-state index contributed by atoms with van der Waals surface area (Å²) < 4.78 is 59.7. The molecular weight excluding hydrogens is 478 g/mol. The minimum Gasteiger partial charge on any atom is -0.468 e. The number of hydrogen-bond donors (Lipinski definition) is 0. The number of esters is 2. The zero-order valence-corrected chi connectivity index (χ0v) is 19.6. The van der Waals surface area contributed by atoms with Crippen LogP contribution in [0.15, 0.2) is 57.4 Å². The fourth-order valence-corrected chi connectivity index (χ4v) is 3.79. The lowest BCUT2D eigenvalue weighted by Gasteiger charge is -2.07. The van der Waals surface area contributed by atoms with Crippen molar-refractivity contribution in [2.75, 3.05) is 28.4 Å². The second kappa shape index (κ2) is 9.95. The van der Waals surface area contributed by atoms with Crippen LogP contribution in [0.25, 0.3) is 33.8 Å². The molecule has 8 nitrogen and oxygen atoms in total. The highest BCUT2D eigenvalue weighted by Gasteiger charge is 2.36. The molecule has 0 saturated heterocycles. The van der Waals surface area contributed by atoms with E-state index < -0.39 is 23.6 Å². The standard InChI is InChI=1S/C26H20F2O8/c1-31-23(29)19-17(13-5-9-15(27)10-6-13)21(35-25(19)33-3)22-18(14-7-11-16(28)12-8-14)20(24(30)32-2)26(34-4)36-22/h5-12H,1-4H3. The highest BCUT2D eigenvalue weighted by Crippen LogP contribution is 2.50. The number of rotatable bonds is 7. The fourth-order valence-electron chi connectivity index (χ4n) is 3.79. The molecule has 0 N–H and O–H groups in total. The Balaban J connectivity index is 2.14. The van der Waals surface area contributed by atoms with Gasteiger partial charge in [-0.1, -0.05) is 24.3 Å². The van der Waals surface area contributed by atoms with Crippen LogP contribution in [0.2, 0.25) is 0 Å². The van der Waals surface area contributed by atoms with Crippen LogP contribution in [-0.4, -0.2) is 40.4 Å². The van der Waals surface area contributed by atoms with Crippen LogP contribution < -0.4 is 9.47 Å². The summed E-state index contributed by atoms with van der Waals surface area (Å²) >= 11 is 0. The molecule has 0 fully saturated rings. The molecule has 4 aromatic rings. The van der Waals surface area contributed by atoms with Crippen LogP contribution >= 0.6 is 0 Å². The van der Waals surface area contributed by atoms with Crippen LogP contribution in [0.3, 0.4) is 0 Å². The predicted octanol–water partition coefficient (Wildman–Crippen LogP) is 5.74. The zero-order valence-electron chi connectivity index (χ0n) is 19.6. The first kappa shape index (κ1) is 24.5. The third-order valence-corrected chi connectivity index (χ3v) is 5.37. The van der Waals surface area contributed by atoms with Crippen molar-refractivity contribution in [3.63, 3.8) is 0 Å². The van der Waals surface area contributed by atoms with E-state index in [1.807, 2.05) is 0 Å². The number of hydrogen-bond acceptors (Lipinski definition) is 8. The Morgan fingerprint density at radius 2 is 0.944 bits per heavy atom. The van der Waals surface area contributed by atoms with Crippen molar-refractivity contribution in [2.45, 2.75) is 0 Å². The lowest BCUT2D eigenvalue weighted by Crippen LogP contribution is -2.04. The van der Waals surface area contributed by atoms with Gasteiger partial charge in [-0.3, -0.25) is 0 Å². The molecule has 0 atom stereocenters. The summed E-state index contributed by atoms with van der Waals surface area (Å²) in [5.74, 6) is -3.12. The monoisotopic (exact) mass is 498 g/mol. The summed E-state index contributed by atoms with van der Waals surface area (Å²) in [6.45, 7) is 0. The molecule has 2 heterocycles. The number of carbonyl (C=O) groups is 2. The Labute approximate surface area is 203 Å². The lowest BCUT2D eigenvalue weighted by atomic mass is 9.95. The van der Waals surface area contributed by atoms with E-state index in [4.69, 9.17) is 27.8 Å². The van der Waals surface area contributed by atoms with Crippen molar-refractivity contribution in [2.24, 2.45) is 0 Å². The van der Waals surface area contributed by atoms with Gasteiger partial charge in [-0.2, -0.15) is 0 Å². The normalized spacial score (nSPS) is 10.7. The number of ether oxygens (including phenoxy) is 4. The van der Waals surface area contributed by atoms with Crippen LogP contribution in [0.4, 0.5) is 8.78 Å². The number of benzene rings is 2. The molecule has 4 rings (SSSR count). The average molecular weight is 498 g/mol. The van der Waals surface area contributed by atoms with Gasteiger partial charge in [0.15, 0.2) is 22.6 Å². The Morgan fingerprint density at radius 3 is 1.22 bits per heavy atom. The van der Waals surface area contributed by atoms with Gasteiger partial charge in [0.1, 0.15) is 11.6 Å². The number of carbonyl (C=O) groups excluding carboxylic acids is 2. The predicted molar refractivity (Wildman–Crippen MR) is 123 cm³/mol. The highest BCUT2D eigenvalue weighted by atomic mass is 19.1. The van der Waals surface area contributed by atoms with E-state index in [0.717, 1.165) is 0 Å². The molecular formula is C26H20F2O8. The van der Waals surface area contributed by atoms with Gasteiger partial charge >= 0.3 is 23.8 Å². The maximum Gasteiger partial charge on any atom is 0.345 e. The van der Waals surface area contributed by atoms with E-state index in [2.05, 4.69) is 0 Å². The van der Waals surface area contributed by atoms with Crippen LogP contribution in [0, 0.1) is 11.6 Å². The minimum atomic E-state index is -0.795. The molecule has 0 spiro atoms. The van der Waals surface area contributed by atoms with E-state index in [1.54, 1.807) is 0 Å². The lowest BCUT2D eigenvalue weighted by molar-refractivity contribution is 0.0585. The Bertz CT molecular complexity index is 1310. The molecule has 2 aromatic carbocycles. The molecule has 2 aromatic heterocycles. The number of methoxy groups -OCH3 is 4. The van der Waals surface area contributed by atoms with E-state index >= 15 is 0 Å². The molecule has 10 heteroatoms. The molecule has 0 amide bonds. The first-order valence-corrected chi connectivity index (χ1v) is 10.4. The van der Waals surface area contributed by atoms with Crippen LogP contribution in [0.5, 0.6) is 11.9 Å². The smallest absolute Gasteiger partial charge is 0.345 e. The second-order valence-electron chi connectivity index (χ2n) is 7.34. The maximum absolute atomic E-state index is 13.7.